The predicted molar refractivity (Wildman–Crippen MR) is 61.1 cm³/mol. The van der Waals surface area contributed by atoms with Crippen molar-refractivity contribution in [3.63, 3.8) is 0 Å². The molecular weight excluding hydrogens is 172 g/mol. The second-order valence-electron chi connectivity index (χ2n) is 3.56. The summed E-state index contributed by atoms with van der Waals surface area (Å²) in [4.78, 5) is 0. The Hall–Kier alpha value is -1.24. The van der Waals surface area contributed by atoms with Crippen LogP contribution < -0.4 is 0 Å². The zero-order valence-electron chi connectivity index (χ0n) is 9.07. The van der Waals surface area contributed by atoms with Crippen LogP contribution in [0.4, 0.5) is 0 Å². The van der Waals surface area contributed by atoms with Gasteiger partial charge in [-0.2, -0.15) is 0 Å². The van der Waals surface area contributed by atoms with Crippen LogP contribution in [-0.4, -0.2) is 5.11 Å². The van der Waals surface area contributed by atoms with Crippen molar-refractivity contribution in [2.75, 3.05) is 0 Å². The average molecular weight is 190 g/mol. The summed E-state index contributed by atoms with van der Waals surface area (Å²) >= 11 is 0. The van der Waals surface area contributed by atoms with Gasteiger partial charge < -0.3 is 5.11 Å². The predicted octanol–water partition coefficient (Wildman–Crippen LogP) is 3.77. The second kappa shape index (κ2) is 4.32. The molecule has 0 aromatic rings. The highest BCUT2D eigenvalue weighted by Crippen LogP contribution is 2.38. The molecule has 1 nitrogen and oxygen atoms in total. The monoisotopic (exact) mass is 190 g/mol. The minimum absolute atomic E-state index is 0.0704. The molecular formula is C13H18O. The quantitative estimate of drug-likeness (QED) is 0.616. The summed E-state index contributed by atoms with van der Waals surface area (Å²) in [5, 5.41) is 9.28. The summed E-state index contributed by atoms with van der Waals surface area (Å²) in [6, 6.07) is 0. The summed E-state index contributed by atoms with van der Waals surface area (Å²) in [5.41, 5.74) is 0.0704. The smallest absolute Gasteiger partial charge is 0.111 e. The third-order valence-electron chi connectivity index (χ3n) is 2.57. The minimum Gasteiger partial charge on any atom is -0.508 e. The summed E-state index contributed by atoms with van der Waals surface area (Å²) in [6.45, 7) is 6.16. The van der Waals surface area contributed by atoms with Gasteiger partial charge in [-0.25, -0.2) is 0 Å². The molecule has 76 valence electrons. The van der Waals surface area contributed by atoms with E-state index in [2.05, 4.69) is 25.2 Å². The van der Waals surface area contributed by atoms with Gasteiger partial charge in [0.2, 0.25) is 0 Å². The van der Waals surface area contributed by atoms with Gasteiger partial charge in [-0.05, 0) is 12.2 Å². The van der Waals surface area contributed by atoms with Crippen LogP contribution in [0.15, 0.2) is 48.3 Å². The molecule has 2 rings (SSSR count). The summed E-state index contributed by atoms with van der Waals surface area (Å²) in [7, 11) is 0. The zero-order chi connectivity index (χ0) is 10.6. The van der Waals surface area contributed by atoms with E-state index in [0.717, 1.165) is 0 Å². The molecule has 0 aromatic heterocycles. The molecule has 0 saturated heterocycles. The van der Waals surface area contributed by atoms with E-state index in [1.54, 1.807) is 6.08 Å². The summed E-state index contributed by atoms with van der Waals surface area (Å²) in [6.07, 6.45) is 14.1. The number of allylic oxidation sites excluding steroid dienone is 7. The van der Waals surface area contributed by atoms with Crippen molar-refractivity contribution in [1.29, 1.82) is 0 Å². The molecule has 14 heavy (non-hydrogen) atoms. The third kappa shape index (κ3) is 1.98. The molecule has 0 saturated carbocycles. The normalized spacial score (nSPS) is 32.8. The minimum atomic E-state index is 0.0704. The largest absolute Gasteiger partial charge is 0.508 e. The molecule has 0 heterocycles. The molecule has 0 aromatic carbocycles. The van der Waals surface area contributed by atoms with Crippen LogP contribution in [0.5, 0.6) is 0 Å². The van der Waals surface area contributed by atoms with Gasteiger partial charge >= 0.3 is 0 Å². The van der Waals surface area contributed by atoms with E-state index in [0.29, 0.717) is 11.7 Å². The van der Waals surface area contributed by atoms with E-state index in [4.69, 9.17) is 0 Å². The van der Waals surface area contributed by atoms with E-state index in [-0.39, 0.29) is 5.41 Å². The third-order valence-corrected chi connectivity index (χ3v) is 2.57. The Morgan fingerprint density at radius 3 is 2.64 bits per heavy atom. The average Bonchev–Trinajstić information content (AvgIpc) is 2.22. The van der Waals surface area contributed by atoms with Crippen LogP contribution in [-0.2, 0) is 0 Å². The fraction of sp³-hybridized carbons (Fsp3) is 0.385. The Kier molecular flexibility index (Phi) is 3.34. The SMILES string of the molecule is CC.CC12C=CC=CC1C=C(O)C=C2. The van der Waals surface area contributed by atoms with E-state index in [9.17, 15) is 5.11 Å². The van der Waals surface area contributed by atoms with E-state index < -0.39 is 0 Å². The number of aliphatic hydroxyl groups is 1. The molecule has 0 bridgehead atoms. The first kappa shape index (κ1) is 10.8. The highest BCUT2D eigenvalue weighted by molar-refractivity contribution is 5.34. The Morgan fingerprint density at radius 2 is 1.93 bits per heavy atom. The maximum Gasteiger partial charge on any atom is 0.111 e. The lowest BCUT2D eigenvalue weighted by molar-refractivity contribution is 0.384. The van der Waals surface area contributed by atoms with Crippen molar-refractivity contribution in [3.05, 3.63) is 48.3 Å². The maximum absolute atomic E-state index is 9.28. The fourth-order valence-corrected chi connectivity index (χ4v) is 1.67. The van der Waals surface area contributed by atoms with Crippen molar-refractivity contribution in [3.8, 4) is 0 Å². The molecule has 0 radical (unpaired) electrons. The Labute approximate surface area is 86.1 Å². The van der Waals surface area contributed by atoms with E-state index >= 15 is 0 Å². The maximum atomic E-state index is 9.28. The molecule has 2 aliphatic rings. The second-order valence-corrected chi connectivity index (χ2v) is 3.56. The molecule has 0 aliphatic heterocycles. The molecule has 0 fully saturated rings. The topological polar surface area (TPSA) is 20.2 Å². The zero-order valence-corrected chi connectivity index (χ0v) is 9.07. The first-order valence-corrected chi connectivity index (χ1v) is 5.17. The summed E-state index contributed by atoms with van der Waals surface area (Å²) in [5.74, 6) is 0.685. The highest BCUT2D eigenvalue weighted by Gasteiger charge is 2.29. The van der Waals surface area contributed by atoms with Gasteiger partial charge in [0.15, 0.2) is 0 Å². The highest BCUT2D eigenvalue weighted by atomic mass is 16.3. The van der Waals surface area contributed by atoms with Gasteiger partial charge in [0.1, 0.15) is 5.76 Å². The molecule has 2 aliphatic carbocycles. The first-order chi connectivity index (χ1) is 6.71. The van der Waals surface area contributed by atoms with Gasteiger partial charge in [-0.15, -0.1) is 0 Å². The molecule has 2 unspecified atom stereocenters. The number of fused-ring (bicyclic) bond motifs is 1. The molecule has 2 atom stereocenters. The number of aliphatic hydroxyl groups excluding tert-OH is 1. The van der Waals surface area contributed by atoms with Crippen LogP contribution in [0.25, 0.3) is 0 Å². The van der Waals surface area contributed by atoms with Crippen molar-refractivity contribution in [1.82, 2.24) is 0 Å². The fourth-order valence-electron chi connectivity index (χ4n) is 1.67. The van der Waals surface area contributed by atoms with Crippen molar-refractivity contribution in [2.45, 2.75) is 20.8 Å². The van der Waals surface area contributed by atoms with Gasteiger partial charge in [0.25, 0.3) is 0 Å². The van der Waals surface area contributed by atoms with Crippen LogP contribution in [0.1, 0.15) is 20.8 Å². The van der Waals surface area contributed by atoms with Crippen molar-refractivity contribution >= 4 is 0 Å². The van der Waals surface area contributed by atoms with Crippen LogP contribution >= 0.6 is 0 Å². The Morgan fingerprint density at radius 1 is 1.21 bits per heavy atom. The molecule has 0 amide bonds. The van der Waals surface area contributed by atoms with Gasteiger partial charge in [-0.3, -0.25) is 0 Å². The van der Waals surface area contributed by atoms with Crippen LogP contribution in [0, 0.1) is 11.3 Å². The van der Waals surface area contributed by atoms with E-state index in [1.165, 1.54) is 0 Å². The van der Waals surface area contributed by atoms with Gasteiger partial charge in [0.05, 0.1) is 0 Å². The van der Waals surface area contributed by atoms with Gasteiger partial charge in [0, 0.05) is 11.3 Å². The van der Waals surface area contributed by atoms with Crippen LogP contribution in [0.3, 0.4) is 0 Å². The standard InChI is InChI=1S/C11H12O.C2H6/c1-11-6-3-2-4-9(11)8-10(12)5-7-11;1-2/h2-9,12H,1H3;1-2H3. The number of rotatable bonds is 0. The van der Waals surface area contributed by atoms with Gasteiger partial charge in [-0.1, -0.05) is 51.2 Å². The first-order valence-electron chi connectivity index (χ1n) is 5.17. The van der Waals surface area contributed by atoms with Crippen LogP contribution in [0.2, 0.25) is 0 Å². The van der Waals surface area contributed by atoms with Crippen molar-refractivity contribution in [2.24, 2.45) is 11.3 Å². The number of hydrogen-bond acceptors (Lipinski definition) is 1. The summed E-state index contributed by atoms with van der Waals surface area (Å²) < 4.78 is 0. The Bertz CT molecular complexity index is 307. The molecule has 1 heteroatoms. The molecule has 0 spiro atoms. The number of hydrogen-bond donors (Lipinski definition) is 1. The van der Waals surface area contributed by atoms with Crippen molar-refractivity contribution < 1.29 is 5.11 Å². The van der Waals surface area contributed by atoms with E-state index in [1.807, 2.05) is 32.1 Å². The lowest BCUT2D eigenvalue weighted by atomic mass is 9.72. The lowest BCUT2D eigenvalue weighted by Crippen LogP contribution is -2.23. The lowest BCUT2D eigenvalue weighted by Gasteiger charge is -2.32. The Balaban J connectivity index is 0.000000461. The molecule has 1 N–H and O–H groups in total.